The monoisotopic (exact) mass is 362 g/mol. The predicted molar refractivity (Wildman–Crippen MR) is 112 cm³/mol. The van der Waals surface area contributed by atoms with Crippen molar-refractivity contribution in [1.29, 1.82) is 0 Å². The standard InChI is InChI=1S/C23H14N4O/c28-22-14-8-2-1-7-13(14)20-19(22)21(25-16-10-4-3-9-15(16)24-20)23-26-17-11-5-6-12-18(17)27-23/h1-12,25H,(H,26,27). The molecule has 4 aromatic rings. The highest BCUT2D eigenvalue weighted by atomic mass is 16.1. The SMILES string of the molecule is O=c1c2c(-c3nc4ccccc4[nH]3)[nH]c3ccccc3nc-2c2ccccc12. The Morgan fingerprint density at radius 2 is 1.25 bits per heavy atom. The predicted octanol–water partition coefficient (Wildman–Crippen LogP) is 4.72. The number of hydrogen-bond acceptors (Lipinski definition) is 3. The number of hydrogen-bond donors (Lipinski definition) is 2. The van der Waals surface area contributed by atoms with Gasteiger partial charge >= 0.3 is 0 Å². The molecule has 2 N–H and O–H groups in total. The summed E-state index contributed by atoms with van der Waals surface area (Å²) >= 11 is 0. The van der Waals surface area contributed by atoms with Gasteiger partial charge in [0.05, 0.1) is 39.0 Å². The van der Waals surface area contributed by atoms with Gasteiger partial charge in [0, 0.05) is 10.8 Å². The van der Waals surface area contributed by atoms with E-state index in [9.17, 15) is 4.79 Å². The third-order valence-corrected chi connectivity index (χ3v) is 5.16. The molecule has 2 heterocycles. The van der Waals surface area contributed by atoms with Gasteiger partial charge in [0.2, 0.25) is 0 Å². The summed E-state index contributed by atoms with van der Waals surface area (Å²) in [6.07, 6.45) is 0. The van der Waals surface area contributed by atoms with E-state index in [1.165, 1.54) is 0 Å². The number of fused-ring (bicyclic) bond motifs is 5. The maximum Gasteiger partial charge on any atom is 0.198 e. The molecule has 0 unspecified atom stereocenters. The molecule has 28 heavy (non-hydrogen) atoms. The van der Waals surface area contributed by atoms with Crippen LogP contribution in [0.15, 0.2) is 77.6 Å². The average molecular weight is 362 g/mol. The Kier molecular flexibility index (Phi) is 2.97. The summed E-state index contributed by atoms with van der Waals surface area (Å²) in [4.78, 5) is 29.7. The quantitative estimate of drug-likeness (QED) is 0.444. The van der Waals surface area contributed by atoms with Crippen LogP contribution in [-0.4, -0.2) is 19.9 Å². The van der Waals surface area contributed by atoms with Crippen LogP contribution in [0.5, 0.6) is 0 Å². The number of H-pyrrole nitrogens is 2. The van der Waals surface area contributed by atoms with Crippen molar-refractivity contribution in [3.05, 3.63) is 83.0 Å². The molecule has 1 aromatic heterocycles. The van der Waals surface area contributed by atoms with Crippen molar-refractivity contribution in [2.75, 3.05) is 0 Å². The lowest BCUT2D eigenvalue weighted by Crippen LogP contribution is -2.00. The smallest absolute Gasteiger partial charge is 0.198 e. The van der Waals surface area contributed by atoms with Crippen molar-refractivity contribution in [2.45, 2.75) is 0 Å². The molecule has 1 aliphatic carbocycles. The van der Waals surface area contributed by atoms with Crippen molar-refractivity contribution < 1.29 is 0 Å². The second-order valence-electron chi connectivity index (χ2n) is 6.83. The van der Waals surface area contributed by atoms with E-state index in [1.54, 1.807) is 0 Å². The summed E-state index contributed by atoms with van der Waals surface area (Å²) in [6, 6.07) is 23.2. The van der Waals surface area contributed by atoms with Gasteiger partial charge in [0.1, 0.15) is 0 Å². The molecule has 5 nitrogen and oxygen atoms in total. The van der Waals surface area contributed by atoms with Crippen LogP contribution in [0, 0.1) is 0 Å². The first-order chi connectivity index (χ1) is 13.8. The van der Waals surface area contributed by atoms with Crippen molar-refractivity contribution in [1.82, 2.24) is 19.9 Å². The zero-order valence-corrected chi connectivity index (χ0v) is 14.7. The molecule has 5 heteroatoms. The topological polar surface area (TPSA) is 74.4 Å². The third kappa shape index (κ3) is 2.04. The van der Waals surface area contributed by atoms with Crippen LogP contribution in [0.25, 0.3) is 55.6 Å². The first-order valence-corrected chi connectivity index (χ1v) is 9.08. The number of imidazole rings is 1. The molecule has 0 atom stereocenters. The second kappa shape index (κ2) is 5.50. The second-order valence-corrected chi connectivity index (χ2v) is 6.83. The van der Waals surface area contributed by atoms with E-state index in [0.717, 1.165) is 27.5 Å². The van der Waals surface area contributed by atoms with Crippen LogP contribution in [0.2, 0.25) is 0 Å². The Morgan fingerprint density at radius 3 is 2.00 bits per heavy atom. The van der Waals surface area contributed by atoms with E-state index in [1.807, 2.05) is 72.8 Å². The van der Waals surface area contributed by atoms with E-state index >= 15 is 0 Å². The fourth-order valence-corrected chi connectivity index (χ4v) is 3.86. The molecular weight excluding hydrogens is 348 g/mol. The van der Waals surface area contributed by atoms with E-state index in [2.05, 4.69) is 9.97 Å². The van der Waals surface area contributed by atoms with Gasteiger partial charge in [-0.05, 0) is 24.3 Å². The Labute approximate surface area is 159 Å². The Morgan fingerprint density at radius 1 is 0.643 bits per heavy atom. The highest BCUT2D eigenvalue weighted by Crippen LogP contribution is 2.34. The number of nitrogens with zero attached hydrogens (tertiary/aromatic N) is 2. The van der Waals surface area contributed by atoms with Crippen LogP contribution < -0.4 is 5.43 Å². The molecule has 0 fully saturated rings. The highest BCUT2D eigenvalue weighted by molar-refractivity contribution is 6.04. The zero-order valence-electron chi connectivity index (χ0n) is 14.7. The number of benzene rings is 3. The fraction of sp³-hybridized carbons (Fsp3) is 0. The van der Waals surface area contributed by atoms with Gasteiger partial charge < -0.3 is 9.97 Å². The summed E-state index contributed by atoms with van der Waals surface area (Å²) in [6.45, 7) is 0. The van der Waals surface area contributed by atoms with Gasteiger partial charge in [-0.1, -0.05) is 48.5 Å². The van der Waals surface area contributed by atoms with Gasteiger partial charge in [0.15, 0.2) is 11.3 Å². The first kappa shape index (κ1) is 15.1. The van der Waals surface area contributed by atoms with Crippen LogP contribution in [0.4, 0.5) is 0 Å². The summed E-state index contributed by atoms with van der Waals surface area (Å²) in [5, 5.41) is 1.53. The van der Waals surface area contributed by atoms with Gasteiger partial charge in [0.25, 0.3) is 0 Å². The van der Waals surface area contributed by atoms with Crippen LogP contribution >= 0.6 is 0 Å². The van der Waals surface area contributed by atoms with Crippen LogP contribution in [0.1, 0.15) is 0 Å². The number of aromatic amines is 2. The minimum atomic E-state index is -0.0369. The van der Waals surface area contributed by atoms with E-state index < -0.39 is 0 Å². The molecule has 2 aliphatic rings. The average Bonchev–Trinajstić information content (AvgIpc) is 3.22. The van der Waals surface area contributed by atoms with E-state index in [4.69, 9.17) is 9.97 Å². The minimum Gasteiger partial charge on any atom is -0.350 e. The summed E-state index contributed by atoms with van der Waals surface area (Å²) in [7, 11) is 0. The van der Waals surface area contributed by atoms with Gasteiger partial charge in [-0.2, -0.15) is 0 Å². The molecule has 6 rings (SSSR count). The third-order valence-electron chi connectivity index (χ3n) is 5.16. The number of rotatable bonds is 1. The van der Waals surface area contributed by atoms with E-state index in [-0.39, 0.29) is 5.43 Å². The highest BCUT2D eigenvalue weighted by Gasteiger charge is 2.23. The Bertz CT molecular complexity index is 1510. The minimum absolute atomic E-state index is 0.0369. The molecule has 1 aliphatic heterocycles. The molecular formula is C23H14N4O. The fourth-order valence-electron chi connectivity index (χ4n) is 3.86. The van der Waals surface area contributed by atoms with Crippen molar-refractivity contribution in [2.24, 2.45) is 0 Å². The van der Waals surface area contributed by atoms with Crippen molar-refractivity contribution in [3.8, 4) is 22.8 Å². The molecule has 132 valence electrons. The van der Waals surface area contributed by atoms with E-state index in [0.29, 0.717) is 28.2 Å². The van der Waals surface area contributed by atoms with Gasteiger partial charge in [-0.3, -0.25) is 4.79 Å². The normalized spacial score (nSPS) is 11.7. The molecule has 0 bridgehead atoms. The zero-order chi connectivity index (χ0) is 18.7. The summed E-state index contributed by atoms with van der Waals surface area (Å²) in [5.74, 6) is 0.627. The molecule has 3 aromatic carbocycles. The lowest BCUT2D eigenvalue weighted by atomic mass is 10.1. The lowest BCUT2D eigenvalue weighted by Gasteiger charge is -1.99. The number of nitrogens with one attached hydrogen (secondary N) is 2. The van der Waals surface area contributed by atoms with Gasteiger partial charge in [-0.15, -0.1) is 0 Å². The van der Waals surface area contributed by atoms with Crippen molar-refractivity contribution in [3.63, 3.8) is 0 Å². The number of aromatic nitrogens is 4. The largest absolute Gasteiger partial charge is 0.350 e. The lowest BCUT2D eigenvalue weighted by molar-refractivity contribution is 1.28. The number of para-hydroxylation sites is 4. The molecule has 0 radical (unpaired) electrons. The Hall–Kier alpha value is -3.99. The Balaban J connectivity index is 1.84. The molecule has 0 spiro atoms. The summed E-state index contributed by atoms with van der Waals surface area (Å²) < 4.78 is 0. The summed E-state index contributed by atoms with van der Waals surface area (Å²) in [5.41, 5.74) is 5.28. The van der Waals surface area contributed by atoms with Gasteiger partial charge in [-0.25, -0.2) is 9.97 Å². The maximum absolute atomic E-state index is 13.3. The molecule has 0 amide bonds. The maximum atomic E-state index is 13.3. The van der Waals surface area contributed by atoms with Crippen LogP contribution in [-0.2, 0) is 0 Å². The first-order valence-electron chi connectivity index (χ1n) is 9.08. The molecule has 0 saturated heterocycles. The molecule has 0 saturated carbocycles. The van der Waals surface area contributed by atoms with Crippen molar-refractivity contribution >= 4 is 32.8 Å². The van der Waals surface area contributed by atoms with Crippen LogP contribution in [0.3, 0.4) is 0 Å².